The second-order valence-electron chi connectivity index (χ2n) is 4.92. The molecule has 1 unspecified atom stereocenters. The van der Waals surface area contributed by atoms with Crippen LogP contribution in [0.4, 0.5) is 0 Å². The third-order valence-electron chi connectivity index (χ3n) is 3.08. The Bertz CT molecular complexity index is 527. The number of piperazine rings is 1. The monoisotopic (exact) mass is 321 g/mol. The first-order valence-electron chi connectivity index (χ1n) is 7.44. The molecule has 1 aromatic carbocycles. The first-order valence-corrected chi connectivity index (χ1v) is 7.44. The topological polar surface area (TPSA) is 105 Å². The molecule has 0 aromatic heterocycles. The summed E-state index contributed by atoms with van der Waals surface area (Å²) < 4.78 is 0. The van der Waals surface area contributed by atoms with Crippen LogP contribution in [-0.4, -0.2) is 54.4 Å². The molecule has 2 rings (SSSR count). The van der Waals surface area contributed by atoms with Crippen LogP contribution in [-0.2, 0) is 20.8 Å². The number of rotatable bonds is 5. The van der Waals surface area contributed by atoms with Crippen LogP contribution in [0.15, 0.2) is 36.0 Å². The SMILES string of the molecule is CCON1CCNC(=C=O)C1.NC(Cc1ccccc1)C(=O)O. The number of nitrogens with zero attached hydrogens (tertiary/aromatic N) is 1. The predicted octanol–water partition coefficient (Wildman–Crippen LogP) is 0.200. The Morgan fingerprint density at radius 1 is 1.48 bits per heavy atom. The van der Waals surface area contributed by atoms with E-state index in [2.05, 4.69) is 5.32 Å². The number of benzene rings is 1. The number of carboxylic acid groups (broad SMARTS) is 1. The van der Waals surface area contributed by atoms with Crippen molar-refractivity contribution >= 4 is 11.9 Å². The van der Waals surface area contributed by atoms with Gasteiger partial charge in [-0.05, 0) is 18.9 Å². The Kier molecular flexibility index (Phi) is 8.64. The van der Waals surface area contributed by atoms with E-state index in [1.54, 1.807) is 5.06 Å². The molecule has 1 aliphatic rings. The zero-order valence-electron chi connectivity index (χ0n) is 13.2. The van der Waals surface area contributed by atoms with Gasteiger partial charge in [0.25, 0.3) is 0 Å². The average Bonchev–Trinajstić information content (AvgIpc) is 2.57. The molecule has 7 heteroatoms. The fourth-order valence-electron chi connectivity index (χ4n) is 1.96. The highest BCUT2D eigenvalue weighted by Gasteiger charge is 2.13. The van der Waals surface area contributed by atoms with Crippen molar-refractivity contribution in [3.63, 3.8) is 0 Å². The molecule has 0 radical (unpaired) electrons. The van der Waals surface area contributed by atoms with E-state index in [4.69, 9.17) is 15.7 Å². The van der Waals surface area contributed by atoms with Gasteiger partial charge < -0.3 is 16.2 Å². The molecule has 1 heterocycles. The molecule has 0 amide bonds. The van der Waals surface area contributed by atoms with Crippen LogP contribution in [0.3, 0.4) is 0 Å². The lowest BCUT2D eigenvalue weighted by molar-refractivity contribution is -0.153. The molecule has 0 saturated carbocycles. The maximum atomic E-state index is 10.4. The highest BCUT2D eigenvalue weighted by Crippen LogP contribution is 2.01. The molecular formula is C16H23N3O4. The molecular weight excluding hydrogens is 298 g/mol. The van der Waals surface area contributed by atoms with Gasteiger partial charge in [0.1, 0.15) is 17.7 Å². The summed E-state index contributed by atoms with van der Waals surface area (Å²) in [6, 6.07) is 8.54. The van der Waals surface area contributed by atoms with Gasteiger partial charge in [0.15, 0.2) is 0 Å². The van der Waals surface area contributed by atoms with Crippen molar-refractivity contribution in [2.24, 2.45) is 5.73 Å². The first kappa shape index (κ1) is 18.9. The Morgan fingerprint density at radius 3 is 2.74 bits per heavy atom. The number of hydrogen-bond donors (Lipinski definition) is 3. The van der Waals surface area contributed by atoms with Gasteiger partial charge in [-0.1, -0.05) is 30.3 Å². The summed E-state index contributed by atoms with van der Waals surface area (Å²) in [5.41, 5.74) is 6.87. The molecule has 1 aliphatic heterocycles. The lowest BCUT2D eigenvalue weighted by atomic mass is 10.1. The normalized spacial score (nSPS) is 15.7. The second-order valence-corrected chi connectivity index (χ2v) is 4.92. The van der Waals surface area contributed by atoms with Crippen molar-refractivity contribution in [3.8, 4) is 0 Å². The largest absolute Gasteiger partial charge is 0.480 e. The quantitative estimate of drug-likeness (QED) is 0.665. The maximum Gasteiger partial charge on any atom is 0.320 e. The average molecular weight is 321 g/mol. The van der Waals surface area contributed by atoms with Crippen LogP contribution in [0.25, 0.3) is 0 Å². The van der Waals surface area contributed by atoms with Crippen molar-refractivity contribution in [2.45, 2.75) is 19.4 Å². The summed E-state index contributed by atoms with van der Waals surface area (Å²) in [5.74, 6) is 0.867. The summed E-state index contributed by atoms with van der Waals surface area (Å²) in [7, 11) is 0. The van der Waals surface area contributed by atoms with Crippen LogP contribution in [0.5, 0.6) is 0 Å². The van der Waals surface area contributed by atoms with E-state index in [0.717, 1.165) is 18.7 Å². The van der Waals surface area contributed by atoms with E-state index in [1.807, 2.05) is 43.2 Å². The van der Waals surface area contributed by atoms with Gasteiger partial charge in [0, 0.05) is 13.1 Å². The van der Waals surface area contributed by atoms with Gasteiger partial charge in [0.05, 0.1) is 13.2 Å². The highest BCUT2D eigenvalue weighted by atomic mass is 16.7. The highest BCUT2D eigenvalue weighted by molar-refractivity contribution is 5.73. The molecule has 1 aromatic rings. The third-order valence-corrected chi connectivity index (χ3v) is 3.08. The zero-order chi connectivity index (χ0) is 17.1. The molecule has 0 spiro atoms. The zero-order valence-corrected chi connectivity index (χ0v) is 13.2. The number of nitrogens with one attached hydrogen (secondary N) is 1. The molecule has 1 fully saturated rings. The smallest absolute Gasteiger partial charge is 0.320 e. The Balaban J connectivity index is 0.000000231. The van der Waals surface area contributed by atoms with E-state index >= 15 is 0 Å². The Labute approximate surface area is 135 Å². The fraction of sp³-hybridized carbons (Fsp3) is 0.438. The number of nitrogens with two attached hydrogens (primary N) is 1. The Hall–Kier alpha value is -2.18. The third kappa shape index (κ3) is 7.58. The number of hydrogen-bond acceptors (Lipinski definition) is 6. The van der Waals surface area contributed by atoms with Crippen LogP contribution < -0.4 is 11.1 Å². The number of carboxylic acids is 1. The standard InChI is InChI=1S/C9H11NO2.C7H12N2O2/c10-8(9(11)12)6-7-4-2-1-3-5-7;1-2-11-9-4-3-8-7(5-9)6-10/h1-5,8H,6,10H2,(H,11,12);8H,2-5H2,1H3. The first-order chi connectivity index (χ1) is 11.1. The summed E-state index contributed by atoms with van der Waals surface area (Å²) in [6.45, 7) is 4.67. The van der Waals surface area contributed by atoms with Gasteiger partial charge in [-0.3, -0.25) is 9.63 Å². The predicted molar refractivity (Wildman–Crippen MR) is 86.2 cm³/mol. The summed E-state index contributed by atoms with van der Waals surface area (Å²) >= 11 is 0. The molecule has 0 bridgehead atoms. The van der Waals surface area contributed by atoms with Crippen molar-refractivity contribution in [1.82, 2.24) is 10.4 Å². The minimum Gasteiger partial charge on any atom is -0.480 e. The molecule has 0 aliphatic carbocycles. The van der Waals surface area contributed by atoms with E-state index < -0.39 is 12.0 Å². The van der Waals surface area contributed by atoms with Gasteiger partial charge in [-0.2, -0.15) is 5.06 Å². The molecule has 1 saturated heterocycles. The van der Waals surface area contributed by atoms with E-state index in [1.165, 1.54) is 0 Å². The van der Waals surface area contributed by atoms with Crippen LogP contribution >= 0.6 is 0 Å². The van der Waals surface area contributed by atoms with E-state index in [0.29, 0.717) is 25.3 Å². The summed E-state index contributed by atoms with van der Waals surface area (Å²) in [4.78, 5) is 25.8. The van der Waals surface area contributed by atoms with Crippen molar-refractivity contribution in [3.05, 3.63) is 41.6 Å². The number of carbonyl (C=O) groups excluding carboxylic acids is 1. The van der Waals surface area contributed by atoms with Gasteiger partial charge in [-0.15, -0.1) is 0 Å². The number of hydroxylamine groups is 2. The fourth-order valence-corrected chi connectivity index (χ4v) is 1.96. The molecule has 4 N–H and O–H groups in total. The molecule has 126 valence electrons. The minimum atomic E-state index is -0.959. The number of aliphatic carboxylic acids is 1. The summed E-state index contributed by atoms with van der Waals surface area (Å²) in [5, 5.41) is 13.2. The van der Waals surface area contributed by atoms with Gasteiger partial charge in [-0.25, -0.2) is 4.79 Å². The molecule has 7 nitrogen and oxygen atoms in total. The molecule has 1 atom stereocenters. The second kappa shape index (κ2) is 10.5. The lowest BCUT2D eigenvalue weighted by Gasteiger charge is -2.26. The number of carbonyl (C=O) groups is 1. The summed E-state index contributed by atoms with van der Waals surface area (Å²) in [6.07, 6.45) is 0.385. The van der Waals surface area contributed by atoms with Gasteiger partial charge in [0.2, 0.25) is 0 Å². The maximum absolute atomic E-state index is 10.4. The van der Waals surface area contributed by atoms with Crippen molar-refractivity contribution < 1.29 is 19.5 Å². The van der Waals surface area contributed by atoms with E-state index in [-0.39, 0.29) is 0 Å². The lowest BCUT2D eigenvalue weighted by Crippen LogP contribution is -2.42. The molecule has 23 heavy (non-hydrogen) atoms. The van der Waals surface area contributed by atoms with Crippen LogP contribution in [0.1, 0.15) is 12.5 Å². The van der Waals surface area contributed by atoms with Crippen LogP contribution in [0.2, 0.25) is 0 Å². The van der Waals surface area contributed by atoms with Crippen molar-refractivity contribution in [2.75, 3.05) is 26.2 Å². The van der Waals surface area contributed by atoms with E-state index in [9.17, 15) is 9.59 Å². The Morgan fingerprint density at radius 2 is 2.17 bits per heavy atom. The van der Waals surface area contributed by atoms with Crippen molar-refractivity contribution in [1.29, 1.82) is 0 Å². The minimum absolute atomic E-state index is 0.385. The van der Waals surface area contributed by atoms with Gasteiger partial charge >= 0.3 is 5.97 Å². The van der Waals surface area contributed by atoms with Crippen LogP contribution in [0, 0.1) is 0 Å².